The summed E-state index contributed by atoms with van der Waals surface area (Å²) in [6.45, 7) is 4.85. The summed E-state index contributed by atoms with van der Waals surface area (Å²) >= 11 is 0. The van der Waals surface area contributed by atoms with Crippen LogP contribution in [-0.4, -0.2) is 34.7 Å². The standard InChI is InChI=1S/C21H26N2O2/c1-21(2,25)15-23(14-16-8-4-3-5-9-16)20(24)22-13-18-12-17-10-6-7-11-19(17)18/h3-11,18,25H,12-15H2,1-2H3,(H,22,24). The summed E-state index contributed by atoms with van der Waals surface area (Å²) in [6.07, 6.45) is 1.01. The van der Waals surface area contributed by atoms with Crippen LogP contribution in [0.15, 0.2) is 54.6 Å². The first-order valence-corrected chi connectivity index (χ1v) is 8.79. The molecule has 1 unspecified atom stereocenters. The first-order chi connectivity index (χ1) is 11.9. The molecule has 2 amide bonds. The molecule has 0 heterocycles. The van der Waals surface area contributed by atoms with E-state index >= 15 is 0 Å². The number of rotatable bonds is 6. The molecule has 25 heavy (non-hydrogen) atoms. The largest absolute Gasteiger partial charge is 0.389 e. The third-order valence-electron chi connectivity index (χ3n) is 4.54. The smallest absolute Gasteiger partial charge is 0.317 e. The van der Waals surface area contributed by atoms with E-state index < -0.39 is 5.60 Å². The van der Waals surface area contributed by atoms with E-state index in [0.29, 0.717) is 19.0 Å². The minimum atomic E-state index is -0.935. The van der Waals surface area contributed by atoms with E-state index in [1.807, 2.05) is 36.4 Å². The molecule has 0 saturated heterocycles. The number of amides is 2. The number of fused-ring (bicyclic) bond motifs is 1. The summed E-state index contributed by atoms with van der Waals surface area (Å²) in [7, 11) is 0. The molecule has 132 valence electrons. The van der Waals surface area contributed by atoms with E-state index in [2.05, 4.69) is 23.5 Å². The van der Waals surface area contributed by atoms with E-state index in [1.165, 1.54) is 11.1 Å². The van der Waals surface area contributed by atoms with Crippen LogP contribution in [0, 0.1) is 0 Å². The lowest BCUT2D eigenvalue weighted by molar-refractivity contribution is 0.0446. The molecule has 0 spiro atoms. The normalized spacial score (nSPS) is 15.9. The van der Waals surface area contributed by atoms with Crippen LogP contribution in [0.4, 0.5) is 4.79 Å². The molecule has 0 fully saturated rings. The van der Waals surface area contributed by atoms with E-state index in [4.69, 9.17) is 0 Å². The Hall–Kier alpha value is -2.33. The molecule has 2 aromatic carbocycles. The van der Waals surface area contributed by atoms with Gasteiger partial charge in [0.1, 0.15) is 0 Å². The van der Waals surface area contributed by atoms with Crippen LogP contribution in [-0.2, 0) is 13.0 Å². The van der Waals surface area contributed by atoms with Crippen molar-refractivity contribution < 1.29 is 9.90 Å². The molecule has 0 aliphatic heterocycles. The van der Waals surface area contributed by atoms with Gasteiger partial charge in [-0.25, -0.2) is 4.79 Å². The van der Waals surface area contributed by atoms with Gasteiger partial charge in [-0.05, 0) is 37.0 Å². The second-order valence-electron chi connectivity index (χ2n) is 7.44. The Kier molecular flexibility index (Phi) is 5.09. The molecule has 4 nitrogen and oxygen atoms in total. The third kappa shape index (κ3) is 4.60. The van der Waals surface area contributed by atoms with Gasteiger partial charge in [-0.1, -0.05) is 54.6 Å². The summed E-state index contributed by atoms with van der Waals surface area (Å²) in [5, 5.41) is 13.2. The van der Waals surface area contributed by atoms with Gasteiger partial charge in [0, 0.05) is 19.0 Å². The highest BCUT2D eigenvalue weighted by Gasteiger charge is 2.27. The molecule has 1 aliphatic carbocycles. The minimum absolute atomic E-state index is 0.129. The maximum Gasteiger partial charge on any atom is 0.317 e. The van der Waals surface area contributed by atoms with Crippen LogP contribution in [0.2, 0.25) is 0 Å². The molecular formula is C21H26N2O2. The number of nitrogens with zero attached hydrogens (tertiary/aromatic N) is 1. The Morgan fingerprint density at radius 3 is 2.52 bits per heavy atom. The summed E-state index contributed by atoms with van der Waals surface area (Å²) in [5.41, 5.74) is 2.82. The predicted octanol–water partition coefficient (Wildman–Crippen LogP) is 3.31. The molecule has 0 radical (unpaired) electrons. The van der Waals surface area contributed by atoms with Crippen molar-refractivity contribution in [2.24, 2.45) is 0 Å². The van der Waals surface area contributed by atoms with Gasteiger partial charge in [0.05, 0.1) is 12.1 Å². The summed E-state index contributed by atoms with van der Waals surface area (Å²) in [6, 6.07) is 18.1. The first-order valence-electron chi connectivity index (χ1n) is 8.79. The highest BCUT2D eigenvalue weighted by molar-refractivity contribution is 5.74. The first kappa shape index (κ1) is 17.5. The number of aliphatic hydroxyl groups is 1. The van der Waals surface area contributed by atoms with Gasteiger partial charge in [-0.3, -0.25) is 0 Å². The van der Waals surface area contributed by atoms with Gasteiger partial charge in [0.2, 0.25) is 0 Å². The van der Waals surface area contributed by atoms with Crippen LogP contribution >= 0.6 is 0 Å². The van der Waals surface area contributed by atoms with Gasteiger partial charge in [0.25, 0.3) is 0 Å². The van der Waals surface area contributed by atoms with Crippen molar-refractivity contribution in [2.75, 3.05) is 13.1 Å². The van der Waals surface area contributed by atoms with Crippen molar-refractivity contribution in [3.63, 3.8) is 0 Å². The molecule has 4 heteroatoms. The van der Waals surface area contributed by atoms with Gasteiger partial charge in [-0.15, -0.1) is 0 Å². The average Bonchev–Trinajstić information content (AvgIpc) is 2.54. The molecule has 2 aromatic rings. The maximum atomic E-state index is 12.7. The van der Waals surface area contributed by atoms with Gasteiger partial charge < -0.3 is 15.3 Å². The third-order valence-corrected chi connectivity index (χ3v) is 4.54. The Balaban J connectivity index is 1.61. The van der Waals surface area contributed by atoms with Crippen molar-refractivity contribution >= 4 is 6.03 Å². The number of carbonyl (C=O) groups excluding carboxylic acids is 1. The van der Waals surface area contributed by atoms with Crippen LogP contribution < -0.4 is 5.32 Å². The summed E-state index contributed by atoms with van der Waals surface area (Å²) in [4.78, 5) is 14.4. The fourth-order valence-corrected chi connectivity index (χ4v) is 3.34. The molecule has 0 saturated carbocycles. The van der Waals surface area contributed by atoms with Crippen LogP contribution in [0.25, 0.3) is 0 Å². The fraction of sp³-hybridized carbons (Fsp3) is 0.381. The lowest BCUT2D eigenvalue weighted by Crippen LogP contribution is -2.47. The van der Waals surface area contributed by atoms with Crippen molar-refractivity contribution in [3.8, 4) is 0 Å². The highest BCUT2D eigenvalue weighted by Crippen LogP contribution is 2.34. The molecule has 0 bridgehead atoms. The fourth-order valence-electron chi connectivity index (χ4n) is 3.34. The minimum Gasteiger partial charge on any atom is -0.389 e. The Morgan fingerprint density at radius 1 is 1.16 bits per heavy atom. The quantitative estimate of drug-likeness (QED) is 0.849. The van der Waals surface area contributed by atoms with E-state index in [9.17, 15) is 9.90 Å². The lowest BCUT2D eigenvalue weighted by atomic mass is 9.78. The predicted molar refractivity (Wildman–Crippen MR) is 99.4 cm³/mol. The second kappa shape index (κ2) is 7.28. The van der Waals surface area contributed by atoms with E-state index in [1.54, 1.807) is 18.7 Å². The van der Waals surface area contributed by atoms with Gasteiger partial charge in [0.15, 0.2) is 0 Å². The Morgan fingerprint density at radius 2 is 1.84 bits per heavy atom. The Labute approximate surface area is 149 Å². The molecule has 3 rings (SSSR count). The average molecular weight is 338 g/mol. The zero-order chi connectivity index (χ0) is 17.9. The van der Waals surface area contributed by atoms with Crippen molar-refractivity contribution in [2.45, 2.75) is 38.3 Å². The number of hydrogen-bond acceptors (Lipinski definition) is 2. The Bertz CT molecular complexity index is 722. The van der Waals surface area contributed by atoms with E-state index in [0.717, 1.165) is 12.0 Å². The molecule has 1 atom stereocenters. The van der Waals surface area contributed by atoms with Crippen molar-refractivity contribution in [1.29, 1.82) is 0 Å². The van der Waals surface area contributed by atoms with Crippen LogP contribution in [0.5, 0.6) is 0 Å². The van der Waals surface area contributed by atoms with Crippen LogP contribution in [0.1, 0.15) is 36.5 Å². The molecule has 2 N–H and O–H groups in total. The number of nitrogens with one attached hydrogen (secondary N) is 1. The molecule has 0 aromatic heterocycles. The van der Waals surface area contributed by atoms with E-state index in [-0.39, 0.29) is 12.6 Å². The number of urea groups is 1. The number of benzene rings is 2. The monoisotopic (exact) mass is 338 g/mol. The summed E-state index contributed by atoms with van der Waals surface area (Å²) < 4.78 is 0. The van der Waals surface area contributed by atoms with Crippen molar-refractivity contribution in [1.82, 2.24) is 10.2 Å². The highest BCUT2D eigenvalue weighted by atomic mass is 16.3. The zero-order valence-electron chi connectivity index (χ0n) is 14.9. The SMILES string of the molecule is CC(C)(O)CN(Cc1ccccc1)C(=O)NCC1Cc2ccccc21. The number of carbonyl (C=O) groups is 1. The summed E-state index contributed by atoms with van der Waals surface area (Å²) in [5.74, 6) is 0.390. The molecular weight excluding hydrogens is 312 g/mol. The lowest BCUT2D eigenvalue weighted by Gasteiger charge is -2.33. The van der Waals surface area contributed by atoms with Gasteiger partial charge >= 0.3 is 6.03 Å². The molecule has 1 aliphatic rings. The topological polar surface area (TPSA) is 52.6 Å². The van der Waals surface area contributed by atoms with Crippen molar-refractivity contribution in [3.05, 3.63) is 71.3 Å². The second-order valence-corrected chi connectivity index (χ2v) is 7.44. The maximum absolute atomic E-state index is 12.7. The number of hydrogen-bond donors (Lipinski definition) is 2. The van der Waals surface area contributed by atoms with Crippen LogP contribution in [0.3, 0.4) is 0 Å². The zero-order valence-corrected chi connectivity index (χ0v) is 14.9. The van der Waals surface area contributed by atoms with Gasteiger partial charge in [-0.2, -0.15) is 0 Å².